The van der Waals surface area contributed by atoms with Crippen LogP contribution in [0, 0.1) is 6.92 Å². The Hall–Kier alpha value is -3.19. The standard InChI is InChI=1S/C18H19N3O.C3H7NO.CH4O/c1-4-17-19-18(14-7-5-13(2)6-8-14)21(20-17)15-9-11-16(22-3)12-10-15;1-3(5)4-2;1-2/h5-12H,4H2,1-3H3;1-2H3,(H,4,5);2H,1H3. The highest BCUT2D eigenvalue weighted by Gasteiger charge is 2.12. The van der Waals surface area contributed by atoms with Crippen LogP contribution in [0.3, 0.4) is 0 Å². The molecule has 0 atom stereocenters. The lowest BCUT2D eigenvalue weighted by atomic mass is 10.1. The van der Waals surface area contributed by atoms with Gasteiger partial charge in [0.1, 0.15) is 5.75 Å². The van der Waals surface area contributed by atoms with E-state index in [4.69, 9.17) is 9.84 Å². The number of hydrogen-bond acceptors (Lipinski definition) is 5. The summed E-state index contributed by atoms with van der Waals surface area (Å²) in [4.78, 5) is 14.4. The number of aliphatic hydroxyl groups excluding tert-OH is 1. The Balaban J connectivity index is 0.000000527. The predicted octanol–water partition coefficient (Wildman–Crippen LogP) is 3.17. The highest BCUT2D eigenvalue weighted by atomic mass is 16.5. The molecule has 0 radical (unpaired) electrons. The summed E-state index contributed by atoms with van der Waals surface area (Å²) < 4.78 is 7.11. The Bertz CT molecular complexity index is 872. The van der Waals surface area contributed by atoms with Gasteiger partial charge in [0.05, 0.1) is 12.8 Å². The minimum absolute atomic E-state index is 0.00463. The molecule has 0 saturated heterocycles. The lowest BCUT2D eigenvalue weighted by Crippen LogP contribution is -2.11. The van der Waals surface area contributed by atoms with Crippen molar-refractivity contribution in [2.75, 3.05) is 21.3 Å². The van der Waals surface area contributed by atoms with Crippen molar-refractivity contribution in [3.05, 3.63) is 59.9 Å². The van der Waals surface area contributed by atoms with Gasteiger partial charge in [0.2, 0.25) is 5.91 Å². The van der Waals surface area contributed by atoms with Crippen molar-refractivity contribution in [2.24, 2.45) is 0 Å². The third kappa shape index (κ3) is 7.04. The van der Waals surface area contributed by atoms with Crippen LogP contribution in [0.5, 0.6) is 5.75 Å². The summed E-state index contributed by atoms with van der Waals surface area (Å²) in [5, 5.41) is 14.0. The van der Waals surface area contributed by atoms with Gasteiger partial charge in [0.25, 0.3) is 0 Å². The molecule has 0 aliphatic rings. The molecule has 7 nitrogen and oxygen atoms in total. The number of nitrogens with one attached hydrogen (secondary N) is 1. The van der Waals surface area contributed by atoms with Crippen LogP contribution in [0.2, 0.25) is 0 Å². The van der Waals surface area contributed by atoms with Crippen molar-refractivity contribution < 1.29 is 14.6 Å². The van der Waals surface area contributed by atoms with Crippen molar-refractivity contribution in [3.63, 3.8) is 0 Å². The summed E-state index contributed by atoms with van der Waals surface area (Å²) >= 11 is 0. The first-order valence-corrected chi connectivity index (χ1v) is 9.29. The zero-order chi connectivity index (χ0) is 21.8. The third-order valence-corrected chi connectivity index (χ3v) is 3.95. The third-order valence-electron chi connectivity index (χ3n) is 3.95. The first kappa shape index (κ1) is 23.8. The smallest absolute Gasteiger partial charge is 0.216 e. The molecular formula is C22H30N4O3. The number of amides is 1. The molecule has 0 saturated carbocycles. The molecule has 0 aliphatic carbocycles. The van der Waals surface area contributed by atoms with Gasteiger partial charge in [-0.3, -0.25) is 4.79 Å². The summed E-state index contributed by atoms with van der Waals surface area (Å²) in [6.45, 7) is 5.61. The van der Waals surface area contributed by atoms with Gasteiger partial charge in [-0.15, -0.1) is 0 Å². The highest BCUT2D eigenvalue weighted by molar-refractivity contribution is 5.72. The minimum Gasteiger partial charge on any atom is -0.497 e. The maximum Gasteiger partial charge on any atom is 0.216 e. The van der Waals surface area contributed by atoms with E-state index in [1.165, 1.54) is 12.5 Å². The van der Waals surface area contributed by atoms with Crippen molar-refractivity contribution >= 4 is 5.91 Å². The number of benzene rings is 2. The molecule has 1 aromatic heterocycles. The number of hydrogen-bond donors (Lipinski definition) is 2. The normalized spacial score (nSPS) is 9.48. The molecule has 0 fully saturated rings. The number of aliphatic hydroxyl groups is 1. The number of ether oxygens (including phenoxy) is 1. The number of aromatic nitrogens is 3. The summed E-state index contributed by atoms with van der Waals surface area (Å²) in [5.74, 6) is 2.54. The molecule has 0 unspecified atom stereocenters. The molecule has 3 aromatic rings. The van der Waals surface area contributed by atoms with Crippen molar-refractivity contribution in [2.45, 2.75) is 27.2 Å². The Morgan fingerprint density at radius 3 is 2.10 bits per heavy atom. The monoisotopic (exact) mass is 398 g/mol. The van der Waals surface area contributed by atoms with E-state index in [1.807, 2.05) is 28.9 Å². The second kappa shape index (κ2) is 12.3. The van der Waals surface area contributed by atoms with Gasteiger partial charge in [-0.25, -0.2) is 9.67 Å². The van der Waals surface area contributed by atoms with Gasteiger partial charge in [0, 0.05) is 33.1 Å². The minimum atomic E-state index is 0.00463. The maximum atomic E-state index is 9.70. The lowest BCUT2D eigenvalue weighted by molar-refractivity contribution is -0.118. The van der Waals surface area contributed by atoms with E-state index < -0.39 is 0 Å². The summed E-state index contributed by atoms with van der Waals surface area (Å²) in [6, 6.07) is 16.2. The van der Waals surface area contributed by atoms with Crippen LogP contribution in [0.4, 0.5) is 0 Å². The topological polar surface area (TPSA) is 89.3 Å². The molecule has 156 valence electrons. The molecule has 7 heteroatoms. The van der Waals surface area contributed by atoms with E-state index >= 15 is 0 Å². The Morgan fingerprint density at radius 2 is 1.66 bits per heavy atom. The van der Waals surface area contributed by atoms with Gasteiger partial charge in [-0.1, -0.05) is 36.8 Å². The average Bonchev–Trinajstić information content (AvgIpc) is 3.20. The Kier molecular flexibility index (Phi) is 10.1. The Labute approximate surface area is 172 Å². The molecule has 1 heterocycles. The number of carbonyl (C=O) groups excluding carboxylic acids is 1. The fraction of sp³-hybridized carbons (Fsp3) is 0.318. The SMILES string of the molecule is CCc1nc(-c2ccc(C)cc2)n(-c2ccc(OC)cc2)n1.CNC(C)=O.CO. The van der Waals surface area contributed by atoms with Crippen molar-refractivity contribution in [1.82, 2.24) is 20.1 Å². The molecule has 29 heavy (non-hydrogen) atoms. The second-order valence-electron chi connectivity index (χ2n) is 5.99. The first-order valence-electron chi connectivity index (χ1n) is 9.29. The largest absolute Gasteiger partial charge is 0.497 e. The fourth-order valence-corrected chi connectivity index (χ4v) is 2.30. The fourth-order valence-electron chi connectivity index (χ4n) is 2.30. The maximum absolute atomic E-state index is 9.70. The zero-order valence-corrected chi connectivity index (χ0v) is 17.9. The molecule has 0 bridgehead atoms. The summed E-state index contributed by atoms with van der Waals surface area (Å²) in [7, 11) is 4.26. The second-order valence-corrected chi connectivity index (χ2v) is 5.99. The molecule has 3 rings (SSSR count). The van der Waals surface area contributed by atoms with E-state index in [2.05, 4.69) is 53.5 Å². The average molecular weight is 399 g/mol. The quantitative estimate of drug-likeness (QED) is 0.705. The number of methoxy groups -OCH3 is 1. The van der Waals surface area contributed by atoms with Crippen LogP contribution in [0.15, 0.2) is 48.5 Å². The van der Waals surface area contributed by atoms with Crippen LogP contribution < -0.4 is 10.1 Å². The van der Waals surface area contributed by atoms with Crippen LogP contribution in [0.1, 0.15) is 25.2 Å². The molecule has 2 N–H and O–H groups in total. The first-order chi connectivity index (χ1) is 14.0. The number of carbonyl (C=O) groups is 1. The van der Waals surface area contributed by atoms with Crippen molar-refractivity contribution in [3.8, 4) is 22.8 Å². The van der Waals surface area contributed by atoms with Gasteiger partial charge in [-0.2, -0.15) is 5.10 Å². The van der Waals surface area contributed by atoms with E-state index in [1.54, 1.807) is 14.2 Å². The number of nitrogens with zero attached hydrogens (tertiary/aromatic N) is 3. The van der Waals surface area contributed by atoms with Crippen LogP contribution in [-0.4, -0.2) is 47.0 Å². The van der Waals surface area contributed by atoms with E-state index in [0.29, 0.717) is 0 Å². The van der Waals surface area contributed by atoms with Crippen LogP contribution in [0.25, 0.3) is 17.1 Å². The number of rotatable bonds is 4. The van der Waals surface area contributed by atoms with Gasteiger partial charge in [-0.05, 0) is 31.2 Å². The van der Waals surface area contributed by atoms with Gasteiger partial charge >= 0.3 is 0 Å². The van der Waals surface area contributed by atoms with E-state index in [9.17, 15) is 4.79 Å². The number of aryl methyl sites for hydroxylation is 2. The summed E-state index contributed by atoms with van der Waals surface area (Å²) in [6.07, 6.45) is 0.808. The van der Waals surface area contributed by atoms with Gasteiger partial charge < -0.3 is 15.2 Å². The predicted molar refractivity (Wildman–Crippen MR) is 115 cm³/mol. The zero-order valence-electron chi connectivity index (χ0n) is 17.9. The Morgan fingerprint density at radius 1 is 1.10 bits per heavy atom. The highest BCUT2D eigenvalue weighted by Crippen LogP contribution is 2.23. The molecule has 0 aliphatic heterocycles. The molecule has 1 amide bonds. The molecule has 2 aromatic carbocycles. The van der Waals surface area contributed by atoms with E-state index in [-0.39, 0.29) is 5.91 Å². The molecular weight excluding hydrogens is 368 g/mol. The summed E-state index contributed by atoms with van der Waals surface area (Å²) in [5.41, 5.74) is 3.27. The van der Waals surface area contributed by atoms with E-state index in [0.717, 1.165) is 42.2 Å². The van der Waals surface area contributed by atoms with Crippen LogP contribution >= 0.6 is 0 Å². The van der Waals surface area contributed by atoms with Crippen molar-refractivity contribution in [1.29, 1.82) is 0 Å². The molecule has 0 spiro atoms. The van der Waals surface area contributed by atoms with Crippen LogP contribution in [-0.2, 0) is 11.2 Å². The lowest BCUT2D eigenvalue weighted by Gasteiger charge is -2.07. The van der Waals surface area contributed by atoms with Gasteiger partial charge in [0.15, 0.2) is 11.6 Å².